The van der Waals surface area contributed by atoms with Gasteiger partial charge in [-0.1, -0.05) is 12.1 Å². The van der Waals surface area contributed by atoms with Crippen LogP contribution in [-0.2, 0) is 0 Å². The Morgan fingerprint density at radius 2 is 1.79 bits per heavy atom. The number of carbonyl (C=O) groups is 1. The Morgan fingerprint density at radius 3 is 2.36 bits per heavy atom. The molecule has 6 nitrogen and oxygen atoms in total. The van der Waals surface area contributed by atoms with Crippen LogP contribution in [0, 0.1) is 13.8 Å². The summed E-state index contributed by atoms with van der Waals surface area (Å²) in [6.07, 6.45) is 1.65. The number of anilines is 1. The average molecular weight is 390 g/mol. The van der Waals surface area contributed by atoms with Gasteiger partial charge in [0.25, 0.3) is 5.91 Å². The maximum absolute atomic E-state index is 12.5. The van der Waals surface area contributed by atoms with Crippen LogP contribution in [0.25, 0.3) is 16.9 Å². The zero-order valence-electron chi connectivity index (χ0n) is 15.4. The normalized spacial score (nSPS) is 10.8. The molecule has 2 N–H and O–H groups in total. The summed E-state index contributed by atoms with van der Waals surface area (Å²) in [5.74, 6) is -0.207. The molecule has 0 bridgehead atoms. The minimum atomic E-state index is -0.207. The number of imidazole rings is 1. The molecule has 0 atom stereocenters. The quantitative estimate of drug-likeness (QED) is 0.549. The van der Waals surface area contributed by atoms with Gasteiger partial charge in [0.05, 0.1) is 16.4 Å². The SMILES string of the molecule is Cc1nc(-c2ccc(NC(=O)c3ccc(-n4c(C)c[nH]c4=O)cc3)cc2)cs1. The summed E-state index contributed by atoms with van der Waals surface area (Å²) in [7, 11) is 0. The number of carbonyl (C=O) groups excluding carboxylic acids is 1. The van der Waals surface area contributed by atoms with Crippen LogP contribution in [-0.4, -0.2) is 20.4 Å². The van der Waals surface area contributed by atoms with Gasteiger partial charge in [-0.2, -0.15) is 0 Å². The van der Waals surface area contributed by atoms with Crippen molar-refractivity contribution in [2.75, 3.05) is 5.32 Å². The molecule has 140 valence electrons. The van der Waals surface area contributed by atoms with E-state index < -0.39 is 0 Å². The monoisotopic (exact) mass is 390 g/mol. The number of nitrogens with zero attached hydrogens (tertiary/aromatic N) is 2. The van der Waals surface area contributed by atoms with Gasteiger partial charge in [-0.15, -0.1) is 11.3 Å². The summed E-state index contributed by atoms with van der Waals surface area (Å²) in [5, 5.41) is 5.92. The Kier molecular flexibility index (Phi) is 4.67. The van der Waals surface area contributed by atoms with Crippen molar-refractivity contribution in [2.45, 2.75) is 13.8 Å². The highest BCUT2D eigenvalue weighted by molar-refractivity contribution is 7.09. The molecule has 0 aliphatic carbocycles. The number of amides is 1. The zero-order valence-corrected chi connectivity index (χ0v) is 16.2. The van der Waals surface area contributed by atoms with Gasteiger partial charge >= 0.3 is 5.69 Å². The van der Waals surface area contributed by atoms with Crippen molar-refractivity contribution < 1.29 is 4.79 Å². The highest BCUT2D eigenvalue weighted by atomic mass is 32.1. The Bertz CT molecular complexity index is 1180. The number of H-pyrrole nitrogens is 1. The number of thiazole rings is 1. The summed E-state index contributed by atoms with van der Waals surface area (Å²) in [6, 6.07) is 14.5. The lowest BCUT2D eigenvalue weighted by molar-refractivity contribution is 0.102. The standard InChI is InChI=1S/C21H18N4O2S/c1-13-11-22-21(27)25(13)18-9-5-16(6-10-18)20(26)24-17-7-3-15(4-8-17)19-12-28-14(2)23-19/h3-12H,1-2H3,(H,22,27)(H,24,26). The van der Waals surface area contributed by atoms with Crippen LogP contribution in [0.3, 0.4) is 0 Å². The van der Waals surface area contributed by atoms with E-state index in [-0.39, 0.29) is 11.6 Å². The molecular formula is C21H18N4O2S. The minimum absolute atomic E-state index is 0.204. The Hall–Kier alpha value is -3.45. The lowest BCUT2D eigenvalue weighted by atomic mass is 10.1. The molecule has 4 rings (SSSR count). The first-order valence-electron chi connectivity index (χ1n) is 8.72. The zero-order chi connectivity index (χ0) is 19.7. The van der Waals surface area contributed by atoms with Gasteiger partial charge in [-0.05, 0) is 50.2 Å². The van der Waals surface area contributed by atoms with E-state index in [4.69, 9.17) is 0 Å². The third-order valence-corrected chi connectivity index (χ3v) is 5.18. The van der Waals surface area contributed by atoms with Gasteiger partial charge in [0.1, 0.15) is 0 Å². The van der Waals surface area contributed by atoms with E-state index in [2.05, 4.69) is 15.3 Å². The highest BCUT2D eigenvalue weighted by Gasteiger charge is 2.09. The number of aromatic nitrogens is 3. The molecule has 0 saturated heterocycles. The Balaban J connectivity index is 1.48. The molecule has 2 aromatic heterocycles. The summed E-state index contributed by atoms with van der Waals surface area (Å²) >= 11 is 1.61. The van der Waals surface area contributed by atoms with Crippen LogP contribution in [0.2, 0.25) is 0 Å². The molecule has 0 aliphatic rings. The fourth-order valence-electron chi connectivity index (χ4n) is 2.96. The molecule has 0 unspecified atom stereocenters. The fourth-order valence-corrected chi connectivity index (χ4v) is 3.58. The molecule has 0 aliphatic heterocycles. The number of hydrogen-bond acceptors (Lipinski definition) is 4. The van der Waals surface area contributed by atoms with E-state index in [0.29, 0.717) is 16.9 Å². The molecule has 0 fully saturated rings. The lowest BCUT2D eigenvalue weighted by Gasteiger charge is -2.08. The van der Waals surface area contributed by atoms with Crippen LogP contribution >= 0.6 is 11.3 Å². The van der Waals surface area contributed by atoms with Crippen molar-refractivity contribution in [3.8, 4) is 16.9 Å². The second kappa shape index (κ2) is 7.28. The number of rotatable bonds is 4. The summed E-state index contributed by atoms with van der Waals surface area (Å²) in [4.78, 5) is 31.5. The first kappa shape index (κ1) is 17.9. The maximum Gasteiger partial charge on any atom is 0.330 e. The molecule has 0 spiro atoms. The molecule has 2 aromatic carbocycles. The molecule has 1 amide bonds. The van der Waals surface area contributed by atoms with E-state index in [1.165, 1.54) is 0 Å². The summed E-state index contributed by atoms with van der Waals surface area (Å²) in [6.45, 7) is 3.82. The largest absolute Gasteiger partial charge is 0.330 e. The summed E-state index contributed by atoms with van der Waals surface area (Å²) < 4.78 is 1.56. The van der Waals surface area contributed by atoms with E-state index in [9.17, 15) is 9.59 Å². The topological polar surface area (TPSA) is 79.8 Å². The summed E-state index contributed by atoms with van der Waals surface area (Å²) in [5.41, 5.74) is 4.49. The third-order valence-electron chi connectivity index (χ3n) is 4.41. The van der Waals surface area contributed by atoms with Gasteiger partial charge in [0, 0.05) is 34.1 Å². The maximum atomic E-state index is 12.5. The van der Waals surface area contributed by atoms with Gasteiger partial charge < -0.3 is 10.3 Å². The van der Waals surface area contributed by atoms with E-state index in [0.717, 1.165) is 22.0 Å². The van der Waals surface area contributed by atoms with Gasteiger partial charge in [-0.25, -0.2) is 9.78 Å². The predicted octanol–water partition coefficient (Wildman–Crippen LogP) is 4.16. The van der Waals surface area contributed by atoms with E-state index >= 15 is 0 Å². The fraction of sp³-hybridized carbons (Fsp3) is 0.0952. The first-order chi connectivity index (χ1) is 13.5. The van der Waals surface area contributed by atoms with E-state index in [1.54, 1.807) is 46.4 Å². The van der Waals surface area contributed by atoms with Crippen molar-refractivity contribution >= 4 is 22.9 Å². The molecule has 7 heteroatoms. The van der Waals surface area contributed by atoms with Crippen LogP contribution < -0.4 is 11.0 Å². The second-order valence-corrected chi connectivity index (χ2v) is 7.46. The number of hydrogen-bond donors (Lipinski definition) is 2. The minimum Gasteiger partial charge on any atom is -0.322 e. The molecule has 0 saturated carbocycles. The van der Waals surface area contributed by atoms with Gasteiger partial charge in [0.15, 0.2) is 0 Å². The van der Waals surface area contributed by atoms with Crippen molar-refractivity contribution in [1.29, 1.82) is 0 Å². The van der Waals surface area contributed by atoms with Crippen LogP contribution in [0.5, 0.6) is 0 Å². The van der Waals surface area contributed by atoms with Crippen molar-refractivity contribution in [3.05, 3.63) is 86.9 Å². The number of aryl methyl sites for hydroxylation is 2. The van der Waals surface area contributed by atoms with Crippen LogP contribution in [0.1, 0.15) is 21.1 Å². The molecule has 0 radical (unpaired) electrons. The first-order valence-corrected chi connectivity index (χ1v) is 9.60. The number of benzene rings is 2. The highest BCUT2D eigenvalue weighted by Crippen LogP contribution is 2.23. The lowest BCUT2D eigenvalue weighted by Crippen LogP contribution is -2.16. The second-order valence-electron chi connectivity index (χ2n) is 6.40. The van der Waals surface area contributed by atoms with Crippen molar-refractivity contribution in [2.24, 2.45) is 0 Å². The smallest absolute Gasteiger partial charge is 0.322 e. The van der Waals surface area contributed by atoms with Gasteiger partial charge in [0.2, 0.25) is 0 Å². The van der Waals surface area contributed by atoms with Crippen molar-refractivity contribution in [1.82, 2.24) is 14.5 Å². The molecular weight excluding hydrogens is 372 g/mol. The Labute approximate surface area is 165 Å². The van der Waals surface area contributed by atoms with Gasteiger partial charge in [-0.3, -0.25) is 9.36 Å². The van der Waals surface area contributed by atoms with E-state index in [1.807, 2.05) is 43.5 Å². The molecule has 28 heavy (non-hydrogen) atoms. The molecule has 4 aromatic rings. The van der Waals surface area contributed by atoms with Crippen LogP contribution in [0.4, 0.5) is 5.69 Å². The molecule has 2 heterocycles. The Morgan fingerprint density at radius 1 is 1.07 bits per heavy atom. The number of nitrogens with one attached hydrogen (secondary N) is 2. The average Bonchev–Trinajstić information content (AvgIpc) is 3.28. The van der Waals surface area contributed by atoms with Crippen molar-refractivity contribution in [3.63, 3.8) is 0 Å². The third kappa shape index (κ3) is 3.52. The number of aromatic amines is 1. The van der Waals surface area contributed by atoms with Crippen LogP contribution in [0.15, 0.2) is 64.9 Å². The predicted molar refractivity (Wildman–Crippen MR) is 111 cm³/mol.